The molecule has 5 rings (SSSR count). The summed E-state index contributed by atoms with van der Waals surface area (Å²) in [6.07, 6.45) is 1.10. The number of nitrogens with one attached hydrogen (secondary N) is 2. The van der Waals surface area contributed by atoms with Gasteiger partial charge in [-0.15, -0.1) is 0 Å². The van der Waals surface area contributed by atoms with Gasteiger partial charge in [0.2, 0.25) is 5.91 Å². The van der Waals surface area contributed by atoms with E-state index >= 15 is 0 Å². The van der Waals surface area contributed by atoms with Crippen LogP contribution < -0.4 is 5.32 Å². The molecule has 6 nitrogen and oxygen atoms in total. The third-order valence-electron chi connectivity index (χ3n) is 6.12. The Labute approximate surface area is 189 Å². The van der Waals surface area contributed by atoms with Crippen LogP contribution in [0.2, 0.25) is 0 Å². The maximum Gasteiger partial charge on any atom is 0.234 e. The highest BCUT2D eigenvalue weighted by molar-refractivity contribution is 6.10. The summed E-state index contributed by atoms with van der Waals surface area (Å²) < 4.78 is 27.3. The lowest BCUT2D eigenvalue weighted by atomic mass is 9.96. The Bertz CT molecular complexity index is 1350. The van der Waals surface area contributed by atoms with E-state index in [-0.39, 0.29) is 25.6 Å². The van der Waals surface area contributed by atoms with E-state index in [0.29, 0.717) is 18.5 Å². The fraction of sp³-hybridized carbons (Fsp3) is 0.280. The number of aliphatic hydroxyl groups is 1. The van der Waals surface area contributed by atoms with Gasteiger partial charge in [-0.2, -0.15) is 0 Å². The zero-order chi connectivity index (χ0) is 22.9. The minimum atomic E-state index is -0.876. The fourth-order valence-electron chi connectivity index (χ4n) is 4.62. The van der Waals surface area contributed by atoms with Gasteiger partial charge in [0.15, 0.2) is 11.6 Å². The van der Waals surface area contributed by atoms with Gasteiger partial charge < -0.3 is 15.4 Å². The molecule has 0 saturated carbocycles. The molecule has 0 bridgehead atoms. The number of fused-ring (bicyclic) bond motifs is 5. The highest BCUT2D eigenvalue weighted by atomic mass is 19.2. The smallest absolute Gasteiger partial charge is 0.234 e. The van der Waals surface area contributed by atoms with Gasteiger partial charge in [-0.3, -0.25) is 14.7 Å². The molecule has 0 fully saturated rings. The summed E-state index contributed by atoms with van der Waals surface area (Å²) in [5.74, 6) is -1.89. The monoisotopic (exact) mass is 450 g/mol. The summed E-state index contributed by atoms with van der Waals surface area (Å²) in [4.78, 5) is 22.6. The Morgan fingerprint density at radius 2 is 2.03 bits per heavy atom. The highest BCUT2D eigenvalue weighted by Gasteiger charge is 2.25. The lowest BCUT2D eigenvalue weighted by Gasteiger charge is -2.28. The minimum absolute atomic E-state index is 0.0952. The Kier molecular flexibility index (Phi) is 5.78. The van der Waals surface area contributed by atoms with E-state index in [2.05, 4.69) is 16.4 Å². The van der Waals surface area contributed by atoms with Crippen LogP contribution in [0.25, 0.3) is 21.8 Å². The van der Waals surface area contributed by atoms with Crippen molar-refractivity contribution in [2.45, 2.75) is 19.4 Å². The van der Waals surface area contributed by atoms with Gasteiger partial charge in [-0.25, -0.2) is 8.78 Å². The molecule has 3 heterocycles. The number of benzene rings is 2. The molecule has 1 aliphatic rings. The van der Waals surface area contributed by atoms with E-state index in [1.165, 1.54) is 6.07 Å². The van der Waals surface area contributed by atoms with Gasteiger partial charge in [0, 0.05) is 42.3 Å². The largest absolute Gasteiger partial charge is 0.395 e. The number of rotatable bonds is 6. The molecule has 0 unspecified atom stereocenters. The molecule has 0 radical (unpaired) electrons. The predicted molar refractivity (Wildman–Crippen MR) is 122 cm³/mol. The average Bonchev–Trinajstić information content (AvgIpc) is 3.20. The molecule has 2 aromatic carbocycles. The first kappa shape index (κ1) is 21.5. The second-order valence-corrected chi connectivity index (χ2v) is 8.36. The fourth-order valence-corrected chi connectivity index (χ4v) is 4.62. The van der Waals surface area contributed by atoms with Gasteiger partial charge >= 0.3 is 0 Å². The number of carbonyl (C=O) groups is 1. The standard InChI is InChI=1S/C25H24F2N4O2/c26-18-6-5-15(11-19(18)27)12-21-25-24(16-3-1-2-4-20(16)30-25)17-7-9-31(13-22(17)29-21)14-23(33)28-8-10-32/h1-6,11,30,32H,7-10,12-14H2,(H,28,33). The van der Waals surface area contributed by atoms with Crippen molar-refractivity contribution in [3.63, 3.8) is 0 Å². The van der Waals surface area contributed by atoms with Crippen LogP contribution in [-0.4, -0.2) is 52.1 Å². The van der Waals surface area contributed by atoms with E-state index in [0.717, 1.165) is 57.8 Å². The molecule has 8 heteroatoms. The molecule has 2 aromatic heterocycles. The second-order valence-electron chi connectivity index (χ2n) is 8.36. The molecular weight excluding hydrogens is 426 g/mol. The normalized spacial score (nSPS) is 14.0. The molecule has 170 valence electrons. The van der Waals surface area contributed by atoms with Gasteiger partial charge in [-0.05, 0) is 35.7 Å². The van der Waals surface area contributed by atoms with Crippen LogP contribution >= 0.6 is 0 Å². The first-order chi connectivity index (χ1) is 16.0. The molecule has 0 saturated heterocycles. The van der Waals surface area contributed by atoms with Gasteiger partial charge in [0.05, 0.1) is 30.1 Å². The van der Waals surface area contributed by atoms with Crippen LogP contribution in [0.4, 0.5) is 8.78 Å². The van der Waals surface area contributed by atoms with E-state index in [1.807, 2.05) is 23.1 Å². The van der Waals surface area contributed by atoms with Crippen LogP contribution in [0.15, 0.2) is 42.5 Å². The van der Waals surface area contributed by atoms with Crippen LogP contribution in [0.5, 0.6) is 0 Å². The van der Waals surface area contributed by atoms with Gasteiger partial charge in [0.25, 0.3) is 0 Å². The Hall–Kier alpha value is -3.36. The number of carbonyl (C=O) groups excluding carboxylic acids is 1. The van der Waals surface area contributed by atoms with Crippen LogP contribution in [0.1, 0.15) is 22.5 Å². The van der Waals surface area contributed by atoms with E-state index in [4.69, 9.17) is 10.1 Å². The first-order valence-electron chi connectivity index (χ1n) is 11.0. The number of aliphatic hydroxyl groups excluding tert-OH is 1. The maximum atomic E-state index is 13.8. The minimum Gasteiger partial charge on any atom is -0.395 e. The van der Waals surface area contributed by atoms with Gasteiger partial charge in [-0.1, -0.05) is 24.3 Å². The summed E-state index contributed by atoms with van der Waals surface area (Å²) in [6, 6.07) is 12.0. The topological polar surface area (TPSA) is 81.2 Å². The number of aromatic nitrogens is 2. The van der Waals surface area contributed by atoms with E-state index in [1.54, 1.807) is 6.07 Å². The number of amides is 1. The van der Waals surface area contributed by atoms with Crippen molar-refractivity contribution in [3.05, 3.63) is 76.6 Å². The van der Waals surface area contributed by atoms with Crippen molar-refractivity contribution in [2.75, 3.05) is 26.2 Å². The van der Waals surface area contributed by atoms with Crippen LogP contribution in [0, 0.1) is 11.6 Å². The summed E-state index contributed by atoms with van der Waals surface area (Å²) >= 11 is 0. The molecule has 0 aliphatic carbocycles. The number of aromatic amines is 1. The number of pyridine rings is 1. The third kappa shape index (κ3) is 4.19. The summed E-state index contributed by atoms with van der Waals surface area (Å²) in [5.41, 5.74) is 5.36. The first-order valence-corrected chi connectivity index (χ1v) is 11.0. The molecule has 1 amide bonds. The summed E-state index contributed by atoms with van der Waals surface area (Å²) in [7, 11) is 0. The number of hydrogen-bond donors (Lipinski definition) is 3. The molecule has 4 aromatic rings. The Morgan fingerprint density at radius 3 is 2.85 bits per heavy atom. The molecule has 0 spiro atoms. The van der Waals surface area contributed by atoms with Crippen molar-refractivity contribution >= 4 is 27.7 Å². The highest BCUT2D eigenvalue weighted by Crippen LogP contribution is 2.34. The predicted octanol–water partition coefficient (Wildman–Crippen LogP) is 3.05. The lowest BCUT2D eigenvalue weighted by molar-refractivity contribution is -0.122. The number of nitrogens with zero attached hydrogens (tertiary/aromatic N) is 2. The van der Waals surface area contributed by atoms with Crippen molar-refractivity contribution in [3.8, 4) is 0 Å². The summed E-state index contributed by atoms with van der Waals surface area (Å²) in [5, 5.41) is 13.8. The van der Waals surface area contributed by atoms with Crippen LogP contribution in [0.3, 0.4) is 0 Å². The molecule has 1 aliphatic heterocycles. The number of para-hydroxylation sites is 1. The zero-order valence-corrected chi connectivity index (χ0v) is 18.0. The van der Waals surface area contributed by atoms with E-state index < -0.39 is 11.6 Å². The number of hydrogen-bond acceptors (Lipinski definition) is 4. The number of H-pyrrole nitrogens is 1. The Morgan fingerprint density at radius 1 is 1.18 bits per heavy atom. The van der Waals surface area contributed by atoms with E-state index in [9.17, 15) is 13.6 Å². The SMILES string of the molecule is O=C(CN1CCc2c(nc(Cc3ccc(F)c(F)c3)c3[nH]c4ccccc4c23)C1)NCCO. The average molecular weight is 450 g/mol. The molecule has 0 atom stereocenters. The second kappa shape index (κ2) is 8.88. The van der Waals surface area contributed by atoms with Gasteiger partial charge in [0.1, 0.15) is 0 Å². The van der Waals surface area contributed by atoms with Crippen molar-refractivity contribution in [1.29, 1.82) is 0 Å². The quantitative estimate of drug-likeness (QED) is 0.422. The number of halogens is 2. The molecule has 3 N–H and O–H groups in total. The van der Waals surface area contributed by atoms with Crippen molar-refractivity contribution in [1.82, 2.24) is 20.2 Å². The molecule has 33 heavy (non-hydrogen) atoms. The molecular formula is C25H24F2N4O2. The zero-order valence-electron chi connectivity index (χ0n) is 18.0. The van der Waals surface area contributed by atoms with Crippen LogP contribution in [-0.2, 0) is 24.2 Å². The summed E-state index contributed by atoms with van der Waals surface area (Å²) in [6.45, 7) is 1.60. The maximum absolute atomic E-state index is 13.8. The van der Waals surface area contributed by atoms with Crippen molar-refractivity contribution in [2.24, 2.45) is 0 Å². The van der Waals surface area contributed by atoms with Crippen molar-refractivity contribution < 1.29 is 18.7 Å². The third-order valence-corrected chi connectivity index (χ3v) is 6.12. The lowest BCUT2D eigenvalue weighted by Crippen LogP contribution is -2.41. The Balaban J connectivity index is 1.56.